The standard InChI is InChI=1S/C43H86N2O3/c1-7-11-15-17-19-22-26-33-41(45(38-30-37-44(5)6)42(46)35-28-24-18-16-12-8-2)34-27-23-20-21-25-29-36-43(47)48-39-40(31-13-9-3)32-14-10-4/h40-41H,7-39H2,1-6H3. The van der Waals surface area contributed by atoms with Gasteiger partial charge in [0.15, 0.2) is 0 Å². The summed E-state index contributed by atoms with van der Waals surface area (Å²) in [5.41, 5.74) is 0. The first-order chi connectivity index (χ1) is 23.4. The van der Waals surface area contributed by atoms with Gasteiger partial charge in [-0.3, -0.25) is 9.59 Å². The summed E-state index contributed by atoms with van der Waals surface area (Å²) >= 11 is 0. The largest absolute Gasteiger partial charge is 0.465 e. The van der Waals surface area contributed by atoms with Crippen LogP contribution in [-0.4, -0.2) is 61.5 Å². The van der Waals surface area contributed by atoms with E-state index in [1.807, 2.05) is 0 Å². The molecular weight excluding hydrogens is 592 g/mol. The second-order valence-corrected chi connectivity index (χ2v) is 15.3. The maximum Gasteiger partial charge on any atom is 0.305 e. The highest BCUT2D eigenvalue weighted by Crippen LogP contribution is 2.22. The van der Waals surface area contributed by atoms with E-state index in [2.05, 4.69) is 51.6 Å². The molecule has 1 unspecified atom stereocenters. The second kappa shape index (κ2) is 35.7. The second-order valence-electron chi connectivity index (χ2n) is 15.3. The molecule has 0 aromatic heterocycles. The first-order valence-electron chi connectivity index (χ1n) is 21.5. The lowest BCUT2D eigenvalue weighted by atomic mass is 9.97. The first-order valence-corrected chi connectivity index (χ1v) is 21.5. The first kappa shape index (κ1) is 46.9. The van der Waals surface area contributed by atoms with Gasteiger partial charge in [0.05, 0.1) is 6.61 Å². The Balaban J connectivity index is 4.78. The van der Waals surface area contributed by atoms with Crippen LogP contribution in [0.15, 0.2) is 0 Å². The van der Waals surface area contributed by atoms with Crippen LogP contribution in [-0.2, 0) is 14.3 Å². The quantitative estimate of drug-likeness (QED) is 0.0485. The van der Waals surface area contributed by atoms with Crippen molar-refractivity contribution >= 4 is 11.9 Å². The lowest BCUT2D eigenvalue weighted by Gasteiger charge is -2.33. The molecule has 0 heterocycles. The number of hydrogen-bond donors (Lipinski definition) is 0. The summed E-state index contributed by atoms with van der Waals surface area (Å²) in [4.78, 5) is 30.6. The SMILES string of the molecule is CCCCCCCCCC(CCCCCCCCC(=O)OCC(CCCC)CCCC)N(CCCN(C)C)C(=O)CCCCCCCC. The molecule has 5 nitrogen and oxygen atoms in total. The molecule has 0 saturated carbocycles. The minimum absolute atomic E-state index is 0.00110. The molecule has 0 rings (SSSR count). The zero-order valence-electron chi connectivity index (χ0n) is 33.6. The Bertz CT molecular complexity index is 690. The number of unbranched alkanes of at least 4 members (excludes halogenated alkanes) is 18. The lowest BCUT2D eigenvalue weighted by molar-refractivity contribution is -0.145. The molecule has 0 aliphatic heterocycles. The Kier molecular flexibility index (Phi) is 34.9. The van der Waals surface area contributed by atoms with Gasteiger partial charge in [0.2, 0.25) is 5.91 Å². The summed E-state index contributed by atoms with van der Waals surface area (Å²) in [7, 11) is 4.28. The summed E-state index contributed by atoms with van der Waals surface area (Å²) in [6.07, 6.45) is 35.5. The van der Waals surface area contributed by atoms with Crippen LogP contribution in [0.25, 0.3) is 0 Å². The van der Waals surface area contributed by atoms with Crippen molar-refractivity contribution in [2.24, 2.45) is 5.92 Å². The predicted octanol–water partition coefficient (Wildman–Crippen LogP) is 12.7. The smallest absolute Gasteiger partial charge is 0.305 e. The maximum atomic E-state index is 13.7. The van der Waals surface area contributed by atoms with Crippen molar-refractivity contribution in [2.75, 3.05) is 33.8 Å². The number of carbonyl (C=O) groups is 2. The lowest BCUT2D eigenvalue weighted by Crippen LogP contribution is -2.41. The van der Waals surface area contributed by atoms with E-state index in [4.69, 9.17) is 4.74 Å². The average Bonchev–Trinajstić information content (AvgIpc) is 3.07. The van der Waals surface area contributed by atoms with Gasteiger partial charge in [-0.15, -0.1) is 0 Å². The molecule has 0 aliphatic carbocycles. The summed E-state index contributed by atoms with van der Waals surface area (Å²) in [5, 5.41) is 0. The fraction of sp³-hybridized carbons (Fsp3) is 0.953. The topological polar surface area (TPSA) is 49.9 Å². The highest BCUT2D eigenvalue weighted by Gasteiger charge is 2.23. The van der Waals surface area contributed by atoms with E-state index in [-0.39, 0.29) is 5.97 Å². The third-order valence-corrected chi connectivity index (χ3v) is 10.2. The van der Waals surface area contributed by atoms with Crippen molar-refractivity contribution < 1.29 is 14.3 Å². The molecule has 0 radical (unpaired) electrons. The van der Waals surface area contributed by atoms with Gasteiger partial charge in [0, 0.05) is 25.4 Å². The number of esters is 1. The van der Waals surface area contributed by atoms with E-state index >= 15 is 0 Å². The molecule has 286 valence electrons. The maximum absolute atomic E-state index is 13.7. The molecule has 48 heavy (non-hydrogen) atoms. The van der Waals surface area contributed by atoms with Gasteiger partial charge < -0.3 is 14.5 Å². The van der Waals surface area contributed by atoms with Gasteiger partial charge in [-0.1, -0.05) is 163 Å². The van der Waals surface area contributed by atoms with Crippen LogP contribution in [0.1, 0.15) is 220 Å². The molecule has 0 aromatic carbocycles. The Morgan fingerprint density at radius 1 is 0.479 bits per heavy atom. The van der Waals surface area contributed by atoms with E-state index in [0.717, 1.165) is 58.0 Å². The van der Waals surface area contributed by atoms with Crippen LogP contribution in [0.3, 0.4) is 0 Å². The third kappa shape index (κ3) is 29.8. The Labute approximate surface area is 301 Å². The van der Waals surface area contributed by atoms with Crippen molar-refractivity contribution in [1.82, 2.24) is 9.80 Å². The van der Waals surface area contributed by atoms with Crippen molar-refractivity contribution in [3.8, 4) is 0 Å². The summed E-state index contributed by atoms with van der Waals surface area (Å²) in [6.45, 7) is 11.6. The molecule has 1 amide bonds. The van der Waals surface area contributed by atoms with E-state index in [9.17, 15) is 9.59 Å². The van der Waals surface area contributed by atoms with Crippen LogP contribution in [0.5, 0.6) is 0 Å². The highest BCUT2D eigenvalue weighted by molar-refractivity contribution is 5.76. The molecule has 0 saturated heterocycles. The van der Waals surface area contributed by atoms with E-state index in [1.54, 1.807) is 0 Å². The fourth-order valence-corrected chi connectivity index (χ4v) is 7.00. The number of nitrogens with zero attached hydrogens (tertiary/aromatic N) is 2. The zero-order valence-corrected chi connectivity index (χ0v) is 33.6. The Hall–Kier alpha value is -1.10. The molecule has 1 atom stereocenters. The monoisotopic (exact) mass is 679 g/mol. The van der Waals surface area contributed by atoms with Crippen LogP contribution in [0, 0.1) is 5.92 Å². The van der Waals surface area contributed by atoms with Gasteiger partial charge >= 0.3 is 5.97 Å². The van der Waals surface area contributed by atoms with Crippen LogP contribution < -0.4 is 0 Å². The average molecular weight is 679 g/mol. The van der Waals surface area contributed by atoms with Crippen LogP contribution in [0.4, 0.5) is 0 Å². The van der Waals surface area contributed by atoms with Crippen molar-refractivity contribution in [2.45, 2.75) is 226 Å². The molecule has 5 heteroatoms. The van der Waals surface area contributed by atoms with Crippen LogP contribution in [0.2, 0.25) is 0 Å². The fourth-order valence-electron chi connectivity index (χ4n) is 7.00. The van der Waals surface area contributed by atoms with Gasteiger partial charge in [-0.25, -0.2) is 0 Å². The van der Waals surface area contributed by atoms with Crippen molar-refractivity contribution in [1.29, 1.82) is 0 Å². The number of rotatable bonds is 37. The molecule has 0 N–H and O–H groups in total. The zero-order chi connectivity index (χ0) is 35.5. The molecule has 0 aromatic rings. The van der Waals surface area contributed by atoms with Gasteiger partial charge in [-0.2, -0.15) is 0 Å². The van der Waals surface area contributed by atoms with Crippen LogP contribution >= 0.6 is 0 Å². The number of hydrogen-bond acceptors (Lipinski definition) is 4. The van der Waals surface area contributed by atoms with E-state index in [1.165, 1.54) is 141 Å². The highest BCUT2D eigenvalue weighted by atomic mass is 16.5. The normalized spacial score (nSPS) is 12.2. The van der Waals surface area contributed by atoms with Crippen molar-refractivity contribution in [3.63, 3.8) is 0 Å². The predicted molar refractivity (Wildman–Crippen MR) is 210 cm³/mol. The van der Waals surface area contributed by atoms with E-state index in [0.29, 0.717) is 30.9 Å². The molecule has 0 fully saturated rings. The number of carbonyl (C=O) groups excluding carboxylic acids is 2. The van der Waals surface area contributed by atoms with Gasteiger partial charge in [0.25, 0.3) is 0 Å². The molecule has 0 aliphatic rings. The Morgan fingerprint density at radius 2 is 0.917 bits per heavy atom. The van der Waals surface area contributed by atoms with E-state index < -0.39 is 0 Å². The molecule has 0 bridgehead atoms. The van der Waals surface area contributed by atoms with Crippen molar-refractivity contribution in [3.05, 3.63) is 0 Å². The minimum atomic E-state index is 0.00110. The summed E-state index contributed by atoms with van der Waals surface area (Å²) < 4.78 is 5.69. The molecule has 0 spiro atoms. The minimum Gasteiger partial charge on any atom is -0.465 e. The summed E-state index contributed by atoms with van der Waals surface area (Å²) in [5.74, 6) is 0.950. The number of ether oxygens (including phenoxy) is 1. The summed E-state index contributed by atoms with van der Waals surface area (Å²) in [6, 6.07) is 0.392. The molecular formula is C43H86N2O3. The van der Waals surface area contributed by atoms with Gasteiger partial charge in [-0.05, 0) is 71.5 Å². The Morgan fingerprint density at radius 3 is 1.40 bits per heavy atom. The van der Waals surface area contributed by atoms with Gasteiger partial charge in [0.1, 0.15) is 0 Å². The number of amides is 1. The third-order valence-electron chi connectivity index (χ3n) is 10.2.